The molecule has 0 saturated heterocycles. The molecule has 20 heavy (non-hydrogen) atoms. The molecule has 1 N–H and O–H groups in total. The summed E-state index contributed by atoms with van der Waals surface area (Å²) in [5.41, 5.74) is 1.25. The minimum Gasteiger partial charge on any atom is -0.384 e. The zero-order chi connectivity index (χ0) is 14.2. The van der Waals surface area contributed by atoms with Crippen LogP contribution in [0.2, 0.25) is 0 Å². The summed E-state index contributed by atoms with van der Waals surface area (Å²) < 4.78 is 2.18. The number of aliphatic hydroxyl groups is 1. The zero-order valence-electron chi connectivity index (χ0n) is 11.7. The van der Waals surface area contributed by atoms with Gasteiger partial charge in [0.15, 0.2) is 0 Å². The van der Waals surface area contributed by atoms with Gasteiger partial charge >= 0.3 is 0 Å². The first-order valence-electron chi connectivity index (χ1n) is 6.82. The molecular formula is C16H18N2OS. The van der Waals surface area contributed by atoms with E-state index in [1.54, 1.807) is 11.3 Å². The predicted octanol–water partition coefficient (Wildman–Crippen LogP) is 3.57. The number of fused-ring (bicyclic) bond motifs is 1. The number of para-hydroxylation sites is 2. The average Bonchev–Trinajstić information content (AvgIpc) is 3.05. The fraction of sp³-hybridized carbons (Fsp3) is 0.312. The lowest BCUT2D eigenvalue weighted by Crippen LogP contribution is -2.25. The molecule has 0 aliphatic heterocycles. The molecule has 0 radical (unpaired) electrons. The Labute approximate surface area is 122 Å². The second-order valence-corrected chi connectivity index (χ2v) is 6.14. The van der Waals surface area contributed by atoms with Crippen LogP contribution in [0, 0.1) is 0 Å². The molecule has 3 nitrogen and oxygen atoms in total. The number of benzene rings is 1. The topological polar surface area (TPSA) is 38.0 Å². The fourth-order valence-corrected chi connectivity index (χ4v) is 3.38. The number of thiophene rings is 1. The molecule has 4 heteroatoms. The van der Waals surface area contributed by atoms with Crippen LogP contribution in [0.15, 0.2) is 41.8 Å². The second kappa shape index (κ2) is 5.04. The predicted molar refractivity (Wildman–Crippen MR) is 83.0 cm³/mol. The largest absolute Gasteiger partial charge is 0.384 e. The molecule has 1 unspecified atom stereocenters. The van der Waals surface area contributed by atoms with E-state index < -0.39 is 5.60 Å². The quantitative estimate of drug-likeness (QED) is 0.796. The van der Waals surface area contributed by atoms with Crippen molar-refractivity contribution in [2.45, 2.75) is 32.4 Å². The van der Waals surface area contributed by atoms with Crippen molar-refractivity contribution < 1.29 is 5.11 Å². The van der Waals surface area contributed by atoms with E-state index >= 15 is 0 Å². The van der Waals surface area contributed by atoms with Crippen LogP contribution >= 0.6 is 11.3 Å². The van der Waals surface area contributed by atoms with Gasteiger partial charge in [0.05, 0.1) is 11.0 Å². The van der Waals surface area contributed by atoms with Gasteiger partial charge in [-0.25, -0.2) is 4.98 Å². The van der Waals surface area contributed by atoms with Gasteiger partial charge in [0.25, 0.3) is 0 Å². The van der Waals surface area contributed by atoms with Crippen molar-refractivity contribution in [1.82, 2.24) is 9.55 Å². The van der Waals surface area contributed by atoms with Crippen LogP contribution in [0.3, 0.4) is 0 Å². The van der Waals surface area contributed by atoms with Gasteiger partial charge in [-0.3, -0.25) is 0 Å². The Morgan fingerprint density at radius 2 is 2.05 bits per heavy atom. The molecule has 0 saturated carbocycles. The highest BCUT2D eigenvalue weighted by Crippen LogP contribution is 2.29. The van der Waals surface area contributed by atoms with Crippen molar-refractivity contribution in [1.29, 1.82) is 0 Å². The summed E-state index contributed by atoms with van der Waals surface area (Å²) in [6, 6.07) is 12.1. The van der Waals surface area contributed by atoms with E-state index in [1.165, 1.54) is 0 Å². The smallest absolute Gasteiger partial charge is 0.113 e. The molecule has 0 fully saturated rings. The van der Waals surface area contributed by atoms with Gasteiger partial charge in [0, 0.05) is 17.8 Å². The summed E-state index contributed by atoms with van der Waals surface area (Å²) in [5.74, 6) is 0.937. The number of hydrogen-bond acceptors (Lipinski definition) is 3. The average molecular weight is 286 g/mol. The summed E-state index contributed by atoms with van der Waals surface area (Å²) in [6.45, 7) is 4.83. The van der Waals surface area contributed by atoms with Crippen molar-refractivity contribution in [3.63, 3.8) is 0 Å². The van der Waals surface area contributed by atoms with Gasteiger partial charge < -0.3 is 9.67 Å². The molecule has 2 heterocycles. The lowest BCUT2D eigenvalue weighted by Gasteiger charge is -2.21. The maximum atomic E-state index is 10.7. The van der Waals surface area contributed by atoms with Crippen molar-refractivity contribution >= 4 is 22.4 Å². The highest BCUT2D eigenvalue weighted by Gasteiger charge is 2.27. The van der Waals surface area contributed by atoms with Gasteiger partial charge in [0.1, 0.15) is 11.4 Å². The Morgan fingerprint density at radius 1 is 1.25 bits per heavy atom. The first-order valence-corrected chi connectivity index (χ1v) is 7.70. The van der Waals surface area contributed by atoms with Gasteiger partial charge in [0.2, 0.25) is 0 Å². The van der Waals surface area contributed by atoms with Crippen LogP contribution < -0.4 is 0 Å². The maximum absolute atomic E-state index is 10.7. The highest BCUT2D eigenvalue weighted by atomic mass is 32.1. The molecular weight excluding hydrogens is 268 g/mol. The first-order chi connectivity index (χ1) is 9.62. The third-order valence-corrected chi connectivity index (χ3v) is 4.73. The van der Waals surface area contributed by atoms with Crippen molar-refractivity contribution in [2.75, 3.05) is 0 Å². The molecule has 0 amide bonds. The molecule has 0 spiro atoms. The third kappa shape index (κ3) is 2.25. The summed E-state index contributed by atoms with van der Waals surface area (Å²) in [7, 11) is 0. The van der Waals surface area contributed by atoms with Gasteiger partial charge in [-0.1, -0.05) is 18.2 Å². The minimum absolute atomic E-state index is 0.524. The zero-order valence-corrected chi connectivity index (χ0v) is 12.5. The molecule has 0 aliphatic carbocycles. The monoisotopic (exact) mass is 286 g/mol. The van der Waals surface area contributed by atoms with Crippen LogP contribution in [0.1, 0.15) is 24.5 Å². The van der Waals surface area contributed by atoms with E-state index in [4.69, 9.17) is 0 Å². The summed E-state index contributed by atoms with van der Waals surface area (Å²) in [6.07, 6.45) is 0.524. The summed E-state index contributed by atoms with van der Waals surface area (Å²) >= 11 is 1.58. The molecule has 0 aliphatic rings. The number of imidazole rings is 1. The van der Waals surface area contributed by atoms with E-state index in [9.17, 15) is 5.11 Å². The Hall–Kier alpha value is -1.65. The SMILES string of the molecule is CCn1c(CC(C)(O)c2cccs2)nc2ccccc21. The molecule has 1 aromatic carbocycles. The second-order valence-electron chi connectivity index (χ2n) is 5.19. The van der Waals surface area contributed by atoms with E-state index in [-0.39, 0.29) is 0 Å². The number of hydrogen-bond donors (Lipinski definition) is 1. The van der Waals surface area contributed by atoms with Gasteiger partial charge in [-0.15, -0.1) is 11.3 Å². The van der Waals surface area contributed by atoms with Gasteiger partial charge in [-0.05, 0) is 37.4 Å². The standard InChI is InChI=1S/C16H18N2OS/c1-3-18-13-8-5-4-7-12(13)17-15(18)11-16(2,19)14-9-6-10-20-14/h4-10,19H,3,11H2,1-2H3. The molecule has 0 bridgehead atoms. The molecule has 1 atom stereocenters. The van der Waals surface area contributed by atoms with E-state index in [0.717, 1.165) is 28.3 Å². The van der Waals surface area contributed by atoms with Crippen LogP contribution in [-0.4, -0.2) is 14.7 Å². The number of aryl methyl sites for hydroxylation is 1. The Bertz CT molecular complexity index is 713. The fourth-order valence-electron chi connectivity index (χ4n) is 2.59. The Balaban J connectivity index is 2.02. The van der Waals surface area contributed by atoms with E-state index in [2.05, 4.69) is 22.5 Å². The number of nitrogens with zero attached hydrogens (tertiary/aromatic N) is 2. The maximum Gasteiger partial charge on any atom is 0.113 e. The Morgan fingerprint density at radius 3 is 2.75 bits per heavy atom. The lowest BCUT2D eigenvalue weighted by molar-refractivity contribution is 0.0585. The third-order valence-electron chi connectivity index (χ3n) is 3.60. The number of aromatic nitrogens is 2. The molecule has 3 aromatic rings. The first kappa shape index (κ1) is 13.3. The van der Waals surface area contributed by atoms with Crippen LogP contribution in [-0.2, 0) is 18.6 Å². The number of rotatable bonds is 4. The molecule has 2 aromatic heterocycles. The molecule has 104 valence electrons. The van der Waals surface area contributed by atoms with E-state index in [0.29, 0.717) is 6.42 Å². The molecule has 3 rings (SSSR count). The van der Waals surface area contributed by atoms with Crippen molar-refractivity contribution in [2.24, 2.45) is 0 Å². The van der Waals surface area contributed by atoms with Crippen molar-refractivity contribution in [3.8, 4) is 0 Å². The lowest BCUT2D eigenvalue weighted by atomic mass is 10.00. The normalized spacial score (nSPS) is 14.6. The minimum atomic E-state index is -0.873. The van der Waals surface area contributed by atoms with Crippen LogP contribution in [0.25, 0.3) is 11.0 Å². The van der Waals surface area contributed by atoms with Crippen LogP contribution in [0.5, 0.6) is 0 Å². The van der Waals surface area contributed by atoms with Crippen LogP contribution in [0.4, 0.5) is 0 Å². The Kier molecular flexibility index (Phi) is 3.36. The van der Waals surface area contributed by atoms with Gasteiger partial charge in [-0.2, -0.15) is 0 Å². The van der Waals surface area contributed by atoms with Crippen molar-refractivity contribution in [3.05, 3.63) is 52.5 Å². The summed E-state index contributed by atoms with van der Waals surface area (Å²) in [5, 5.41) is 12.7. The highest BCUT2D eigenvalue weighted by molar-refractivity contribution is 7.10. The van der Waals surface area contributed by atoms with E-state index in [1.807, 2.05) is 42.6 Å². The summed E-state index contributed by atoms with van der Waals surface area (Å²) in [4.78, 5) is 5.67.